The summed E-state index contributed by atoms with van der Waals surface area (Å²) in [6, 6.07) is 16.3. The van der Waals surface area contributed by atoms with E-state index in [0.717, 1.165) is 24.4 Å². The fraction of sp³-hybridized carbons (Fsp3) is 0.435. The largest absolute Gasteiger partial charge is 0.481 e. The monoisotopic (exact) mass is 366 g/mol. The Kier molecular flexibility index (Phi) is 6.74. The molecule has 1 heterocycles. The van der Waals surface area contributed by atoms with Crippen molar-refractivity contribution >= 4 is 11.6 Å². The van der Waals surface area contributed by atoms with Crippen molar-refractivity contribution in [2.24, 2.45) is 0 Å². The molecule has 2 aromatic rings. The topological polar surface area (TPSA) is 41.6 Å². The molecule has 0 unspecified atom stereocenters. The van der Waals surface area contributed by atoms with Crippen LogP contribution in [0.25, 0.3) is 0 Å². The van der Waals surface area contributed by atoms with Crippen molar-refractivity contribution in [3.8, 4) is 5.75 Å². The van der Waals surface area contributed by atoms with Gasteiger partial charge in [-0.15, -0.1) is 0 Å². The number of hydrogen-bond donors (Lipinski definition) is 1. The van der Waals surface area contributed by atoms with E-state index in [1.54, 1.807) is 0 Å². The van der Waals surface area contributed by atoms with Gasteiger partial charge in [-0.25, -0.2) is 0 Å². The Morgan fingerprint density at radius 1 is 1.04 bits per heavy atom. The van der Waals surface area contributed by atoms with Gasteiger partial charge >= 0.3 is 0 Å². The first-order valence-corrected chi connectivity index (χ1v) is 10.0. The van der Waals surface area contributed by atoms with Gasteiger partial charge in [0.2, 0.25) is 0 Å². The summed E-state index contributed by atoms with van der Waals surface area (Å²) in [6.45, 7) is 6.80. The maximum atomic E-state index is 12.5. The third-order valence-corrected chi connectivity index (χ3v) is 5.09. The Morgan fingerprint density at radius 2 is 1.70 bits per heavy atom. The van der Waals surface area contributed by atoms with Crippen molar-refractivity contribution in [2.75, 3.05) is 18.0 Å². The van der Waals surface area contributed by atoms with Crippen LogP contribution in [0, 0.1) is 6.92 Å². The third-order valence-electron chi connectivity index (χ3n) is 5.09. The van der Waals surface area contributed by atoms with Crippen LogP contribution in [0.5, 0.6) is 5.75 Å². The molecule has 1 atom stereocenters. The highest BCUT2D eigenvalue weighted by Gasteiger charge is 2.18. The van der Waals surface area contributed by atoms with E-state index in [0.29, 0.717) is 13.0 Å². The predicted octanol–water partition coefficient (Wildman–Crippen LogP) is 4.46. The van der Waals surface area contributed by atoms with Crippen molar-refractivity contribution in [2.45, 2.75) is 52.2 Å². The number of anilines is 1. The smallest absolute Gasteiger partial charge is 0.261 e. The first-order chi connectivity index (χ1) is 13.2. The molecule has 0 spiro atoms. The van der Waals surface area contributed by atoms with Gasteiger partial charge in [0, 0.05) is 25.3 Å². The summed E-state index contributed by atoms with van der Waals surface area (Å²) in [5.41, 5.74) is 3.56. The van der Waals surface area contributed by atoms with Crippen LogP contribution < -0.4 is 15.0 Å². The van der Waals surface area contributed by atoms with Crippen LogP contribution >= 0.6 is 0 Å². The minimum absolute atomic E-state index is 0.0711. The lowest BCUT2D eigenvalue weighted by Crippen LogP contribution is -2.37. The average Bonchev–Trinajstić information content (AvgIpc) is 2.72. The average molecular weight is 367 g/mol. The summed E-state index contributed by atoms with van der Waals surface area (Å²) >= 11 is 0. The number of nitrogens with one attached hydrogen (secondary N) is 1. The molecule has 144 valence electrons. The van der Waals surface area contributed by atoms with Crippen molar-refractivity contribution in [3.05, 3.63) is 59.7 Å². The van der Waals surface area contributed by atoms with E-state index in [1.807, 2.05) is 38.1 Å². The van der Waals surface area contributed by atoms with Gasteiger partial charge in [0.15, 0.2) is 6.10 Å². The number of amides is 1. The molecule has 0 saturated carbocycles. The lowest BCUT2D eigenvalue weighted by molar-refractivity contribution is -0.128. The van der Waals surface area contributed by atoms with E-state index in [2.05, 4.69) is 34.5 Å². The highest BCUT2D eigenvalue weighted by Crippen LogP contribution is 2.20. The van der Waals surface area contributed by atoms with Crippen LogP contribution in [0.2, 0.25) is 0 Å². The molecule has 1 aliphatic rings. The Labute approximate surface area is 162 Å². The van der Waals surface area contributed by atoms with E-state index in [9.17, 15) is 4.79 Å². The molecule has 0 bridgehead atoms. The highest BCUT2D eigenvalue weighted by atomic mass is 16.5. The number of carbonyl (C=O) groups is 1. The maximum absolute atomic E-state index is 12.5. The van der Waals surface area contributed by atoms with Crippen LogP contribution in [-0.2, 0) is 11.3 Å². The number of nitrogens with zero attached hydrogens (tertiary/aromatic N) is 1. The summed E-state index contributed by atoms with van der Waals surface area (Å²) in [5, 5.41) is 3.00. The van der Waals surface area contributed by atoms with Crippen molar-refractivity contribution in [3.63, 3.8) is 0 Å². The molecule has 0 aromatic heterocycles. The first kappa shape index (κ1) is 19.3. The molecular weight excluding hydrogens is 336 g/mol. The van der Waals surface area contributed by atoms with Crippen LogP contribution in [-0.4, -0.2) is 25.1 Å². The molecule has 4 nitrogen and oxygen atoms in total. The zero-order chi connectivity index (χ0) is 19.1. The molecule has 27 heavy (non-hydrogen) atoms. The number of piperidine rings is 1. The zero-order valence-electron chi connectivity index (χ0n) is 16.4. The second-order valence-electron chi connectivity index (χ2n) is 7.26. The lowest BCUT2D eigenvalue weighted by Gasteiger charge is -2.28. The highest BCUT2D eigenvalue weighted by molar-refractivity contribution is 5.81. The van der Waals surface area contributed by atoms with Gasteiger partial charge in [0.05, 0.1) is 0 Å². The van der Waals surface area contributed by atoms with Crippen molar-refractivity contribution in [1.29, 1.82) is 0 Å². The number of ether oxygens (including phenoxy) is 1. The van der Waals surface area contributed by atoms with Crippen LogP contribution in [0.3, 0.4) is 0 Å². The molecule has 3 rings (SSSR count). The van der Waals surface area contributed by atoms with E-state index in [-0.39, 0.29) is 5.91 Å². The first-order valence-electron chi connectivity index (χ1n) is 10.0. The Balaban J connectivity index is 1.51. The molecule has 0 aliphatic carbocycles. The molecule has 1 fully saturated rings. The summed E-state index contributed by atoms with van der Waals surface area (Å²) in [4.78, 5) is 14.9. The van der Waals surface area contributed by atoms with Crippen LogP contribution in [0.15, 0.2) is 48.5 Å². The minimum Gasteiger partial charge on any atom is -0.481 e. The van der Waals surface area contributed by atoms with Gasteiger partial charge in [-0.2, -0.15) is 0 Å². The summed E-state index contributed by atoms with van der Waals surface area (Å²) in [7, 11) is 0. The van der Waals surface area contributed by atoms with Gasteiger partial charge in [0.1, 0.15) is 5.75 Å². The fourth-order valence-electron chi connectivity index (χ4n) is 3.38. The number of rotatable bonds is 7. The van der Waals surface area contributed by atoms with Crippen molar-refractivity contribution < 1.29 is 9.53 Å². The molecular formula is C23H30N2O2. The molecule has 2 aromatic carbocycles. The minimum atomic E-state index is -0.472. The number of hydrogen-bond acceptors (Lipinski definition) is 3. The lowest BCUT2D eigenvalue weighted by atomic mass is 10.1. The SMILES string of the molecule is CC[C@H](Oc1ccc(C)cc1)C(=O)NCc1ccc(N2CCCCC2)cc1. The van der Waals surface area contributed by atoms with E-state index in [4.69, 9.17) is 4.74 Å². The Morgan fingerprint density at radius 3 is 2.33 bits per heavy atom. The Hall–Kier alpha value is -2.49. The van der Waals surface area contributed by atoms with Crippen molar-refractivity contribution in [1.82, 2.24) is 5.32 Å². The zero-order valence-corrected chi connectivity index (χ0v) is 16.4. The molecule has 1 saturated heterocycles. The quantitative estimate of drug-likeness (QED) is 0.787. The number of carbonyl (C=O) groups excluding carboxylic acids is 1. The van der Waals surface area contributed by atoms with Gasteiger partial charge < -0.3 is 15.0 Å². The Bertz CT molecular complexity index is 719. The van der Waals surface area contributed by atoms with E-state index in [1.165, 1.54) is 30.5 Å². The second kappa shape index (κ2) is 9.45. The molecule has 4 heteroatoms. The summed E-state index contributed by atoms with van der Waals surface area (Å²) in [6.07, 6.45) is 4.05. The second-order valence-corrected chi connectivity index (χ2v) is 7.26. The maximum Gasteiger partial charge on any atom is 0.261 e. The molecule has 1 N–H and O–H groups in total. The third kappa shape index (κ3) is 5.49. The van der Waals surface area contributed by atoms with E-state index < -0.39 is 6.10 Å². The molecule has 0 radical (unpaired) electrons. The van der Waals surface area contributed by atoms with Crippen LogP contribution in [0.1, 0.15) is 43.7 Å². The molecule has 1 amide bonds. The predicted molar refractivity (Wildman–Crippen MR) is 110 cm³/mol. The van der Waals surface area contributed by atoms with Gasteiger partial charge in [-0.05, 0) is 62.4 Å². The normalized spacial score (nSPS) is 15.3. The number of aryl methyl sites for hydroxylation is 1. The van der Waals surface area contributed by atoms with E-state index >= 15 is 0 Å². The standard InChI is InChI=1S/C23H30N2O2/c1-3-22(27-21-13-7-18(2)8-14-21)23(26)24-17-19-9-11-20(12-10-19)25-15-5-4-6-16-25/h7-14,22H,3-6,15-17H2,1-2H3,(H,24,26)/t22-/m0/s1. The summed E-state index contributed by atoms with van der Waals surface area (Å²) in [5.74, 6) is 0.659. The molecule has 1 aliphatic heterocycles. The van der Waals surface area contributed by atoms with Gasteiger partial charge in [-0.3, -0.25) is 4.79 Å². The summed E-state index contributed by atoms with van der Waals surface area (Å²) < 4.78 is 5.85. The van der Waals surface area contributed by atoms with Crippen LogP contribution in [0.4, 0.5) is 5.69 Å². The van der Waals surface area contributed by atoms with Gasteiger partial charge in [-0.1, -0.05) is 36.8 Å². The fourth-order valence-corrected chi connectivity index (χ4v) is 3.38. The van der Waals surface area contributed by atoms with Gasteiger partial charge in [0.25, 0.3) is 5.91 Å². The number of benzene rings is 2.